The van der Waals surface area contributed by atoms with Crippen molar-refractivity contribution in [2.45, 2.75) is 13.8 Å². The molecule has 1 N–H and O–H groups in total. The number of hydrogen-bond acceptors (Lipinski definition) is 3. The zero-order valence-corrected chi connectivity index (χ0v) is 11.1. The first-order valence-corrected chi connectivity index (χ1v) is 6.49. The van der Waals surface area contributed by atoms with Crippen LogP contribution in [0.3, 0.4) is 0 Å². The van der Waals surface area contributed by atoms with E-state index in [-0.39, 0.29) is 5.91 Å². The molecule has 1 aromatic carbocycles. The third-order valence-electron chi connectivity index (χ3n) is 2.29. The maximum Gasteiger partial charge on any atom is 0.221 e. The van der Waals surface area contributed by atoms with Gasteiger partial charge in [0, 0.05) is 23.7 Å². The summed E-state index contributed by atoms with van der Waals surface area (Å²) >= 11 is 1.63. The number of carbonyl (C=O) groups is 1. The van der Waals surface area contributed by atoms with E-state index in [0.29, 0.717) is 0 Å². The van der Waals surface area contributed by atoms with Crippen LogP contribution in [-0.2, 0) is 4.79 Å². The molecule has 1 aromatic heterocycles. The number of aryl methyl sites for hydroxylation is 1. The Balaban J connectivity index is 2.06. The zero-order chi connectivity index (χ0) is 13.0. The molecule has 0 saturated heterocycles. The van der Waals surface area contributed by atoms with Crippen LogP contribution in [0.4, 0.5) is 5.69 Å². The Hall–Kier alpha value is -1.94. The molecule has 1 amide bonds. The molecule has 2 aromatic rings. The molecular weight excluding hydrogens is 244 g/mol. The molecule has 0 spiro atoms. The van der Waals surface area contributed by atoms with Crippen molar-refractivity contribution >= 4 is 35.1 Å². The van der Waals surface area contributed by atoms with E-state index in [4.69, 9.17) is 0 Å². The second-order valence-corrected chi connectivity index (χ2v) is 4.85. The van der Waals surface area contributed by atoms with Gasteiger partial charge in [-0.05, 0) is 30.7 Å². The summed E-state index contributed by atoms with van der Waals surface area (Å²) in [5.74, 6) is -0.0587. The molecule has 3 nitrogen and oxygen atoms in total. The number of hydrogen-bond donors (Lipinski definition) is 1. The first-order valence-electron chi connectivity index (χ1n) is 5.61. The molecule has 0 radical (unpaired) electrons. The van der Waals surface area contributed by atoms with Gasteiger partial charge >= 0.3 is 0 Å². The van der Waals surface area contributed by atoms with Gasteiger partial charge in [0.05, 0.1) is 0 Å². The Morgan fingerprint density at radius 3 is 2.56 bits per heavy atom. The van der Waals surface area contributed by atoms with Crippen molar-refractivity contribution in [1.82, 2.24) is 4.98 Å². The maximum absolute atomic E-state index is 10.9. The molecule has 0 fully saturated rings. The predicted octanol–water partition coefficient (Wildman–Crippen LogP) is 3.58. The second-order valence-electron chi connectivity index (χ2n) is 3.96. The van der Waals surface area contributed by atoms with Crippen LogP contribution in [0.25, 0.3) is 12.2 Å². The highest BCUT2D eigenvalue weighted by Gasteiger charge is 1.95. The highest BCUT2D eigenvalue weighted by atomic mass is 32.1. The van der Waals surface area contributed by atoms with Crippen molar-refractivity contribution in [1.29, 1.82) is 0 Å². The van der Waals surface area contributed by atoms with Gasteiger partial charge in [0.1, 0.15) is 5.01 Å². The standard InChI is InChI=1S/C14H14N2OS/c1-10-9-18-14(15-10)8-5-12-3-6-13(7-4-12)16-11(2)17/h3-9H,1-2H3,(H,16,17)/b8-5+. The normalized spacial score (nSPS) is 10.8. The van der Waals surface area contributed by atoms with Crippen molar-refractivity contribution in [3.63, 3.8) is 0 Å². The summed E-state index contributed by atoms with van der Waals surface area (Å²) in [4.78, 5) is 15.2. The number of aromatic nitrogens is 1. The second kappa shape index (κ2) is 5.60. The highest BCUT2D eigenvalue weighted by molar-refractivity contribution is 7.10. The number of thiazole rings is 1. The topological polar surface area (TPSA) is 42.0 Å². The van der Waals surface area contributed by atoms with E-state index >= 15 is 0 Å². The highest BCUT2D eigenvalue weighted by Crippen LogP contribution is 2.15. The van der Waals surface area contributed by atoms with E-state index in [1.165, 1.54) is 6.92 Å². The molecule has 0 aliphatic rings. The maximum atomic E-state index is 10.9. The quantitative estimate of drug-likeness (QED) is 0.914. The van der Waals surface area contributed by atoms with Crippen molar-refractivity contribution < 1.29 is 4.79 Å². The van der Waals surface area contributed by atoms with Crippen LogP contribution < -0.4 is 5.32 Å². The van der Waals surface area contributed by atoms with Gasteiger partial charge in [-0.25, -0.2) is 4.98 Å². The summed E-state index contributed by atoms with van der Waals surface area (Å²) < 4.78 is 0. The van der Waals surface area contributed by atoms with Crippen LogP contribution >= 0.6 is 11.3 Å². The SMILES string of the molecule is CC(=O)Nc1ccc(/C=C/c2nc(C)cs2)cc1. The van der Waals surface area contributed by atoms with Gasteiger partial charge in [0.2, 0.25) is 5.91 Å². The van der Waals surface area contributed by atoms with Crippen LogP contribution in [0.15, 0.2) is 29.6 Å². The van der Waals surface area contributed by atoms with Crippen molar-refractivity contribution in [2.24, 2.45) is 0 Å². The fraction of sp³-hybridized carbons (Fsp3) is 0.143. The number of anilines is 1. The lowest BCUT2D eigenvalue weighted by Gasteiger charge is -2.01. The van der Waals surface area contributed by atoms with Gasteiger partial charge in [0.25, 0.3) is 0 Å². The molecule has 0 unspecified atom stereocenters. The number of benzene rings is 1. The molecule has 2 rings (SSSR count). The van der Waals surface area contributed by atoms with Gasteiger partial charge in [0.15, 0.2) is 0 Å². The molecule has 4 heteroatoms. The Bertz CT molecular complexity index is 570. The number of amides is 1. The lowest BCUT2D eigenvalue weighted by atomic mass is 10.2. The lowest BCUT2D eigenvalue weighted by Crippen LogP contribution is -2.05. The summed E-state index contributed by atoms with van der Waals surface area (Å²) in [5.41, 5.74) is 2.93. The van der Waals surface area contributed by atoms with Gasteiger partial charge in [-0.1, -0.05) is 18.2 Å². The Kier molecular flexibility index (Phi) is 3.89. The minimum atomic E-state index is -0.0587. The molecule has 0 saturated carbocycles. The van der Waals surface area contributed by atoms with Gasteiger partial charge in [-0.2, -0.15) is 0 Å². The number of nitrogens with one attached hydrogen (secondary N) is 1. The number of carbonyl (C=O) groups excluding carboxylic acids is 1. The number of nitrogens with zero attached hydrogens (tertiary/aromatic N) is 1. The summed E-state index contributed by atoms with van der Waals surface area (Å²) in [6.07, 6.45) is 4.00. The predicted molar refractivity (Wildman–Crippen MR) is 76.5 cm³/mol. The van der Waals surface area contributed by atoms with E-state index in [1.54, 1.807) is 11.3 Å². The van der Waals surface area contributed by atoms with E-state index < -0.39 is 0 Å². The molecule has 0 atom stereocenters. The Morgan fingerprint density at radius 1 is 1.28 bits per heavy atom. The molecular formula is C14H14N2OS. The Labute approximate surface area is 110 Å². The first-order chi connectivity index (χ1) is 8.63. The third-order valence-corrected chi connectivity index (χ3v) is 3.21. The largest absolute Gasteiger partial charge is 0.326 e. The molecule has 0 aliphatic carbocycles. The third kappa shape index (κ3) is 3.53. The smallest absolute Gasteiger partial charge is 0.221 e. The summed E-state index contributed by atoms with van der Waals surface area (Å²) in [6.45, 7) is 3.48. The average Bonchev–Trinajstić information content (AvgIpc) is 2.74. The first kappa shape index (κ1) is 12.5. The van der Waals surface area contributed by atoms with E-state index in [9.17, 15) is 4.79 Å². The monoisotopic (exact) mass is 258 g/mol. The molecule has 1 heterocycles. The molecule has 0 bridgehead atoms. The lowest BCUT2D eigenvalue weighted by molar-refractivity contribution is -0.114. The summed E-state index contributed by atoms with van der Waals surface area (Å²) in [7, 11) is 0. The average molecular weight is 258 g/mol. The van der Waals surface area contributed by atoms with Crippen molar-refractivity contribution in [2.75, 3.05) is 5.32 Å². The Morgan fingerprint density at radius 2 is 2.00 bits per heavy atom. The van der Waals surface area contributed by atoms with Crippen LogP contribution in [0.2, 0.25) is 0 Å². The van der Waals surface area contributed by atoms with Gasteiger partial charge < -0.3 is 5.32 Å². The van der Waals surface area contributed by atoms with Crippen LogP contribution in [0.5, 0.6) is 0 Å². The summed E-state index contributed by atoms with van der Waals surface area (Å²) in [5, 5.41) is 5.76. The minimum Gasteiger partial charge on any atom is -0.326 e. The summed E-state index contributed by atoms with van der Waals surface area (Å²) in [6, 6.07) is 7.69. The van der Waals surface area contributed by atoms with Gasteiger partial charge in [-0.3, -0.25) is 4.79 Å². The van der Waals surface area contributed by atoms with E-state index in [0.717, 1.165) is 22.0 Å². The molecule has 18 heavy (non-hydrogen) atoms. The molecule has 92 valence electrons. The van der Waals surface area contributed by atoms with Crippen LogP contribution in [0.1, 0.15) is 23.2 Å². The minimum absolute atomic E-state index is 0.0587. The van der Waals surface area contributed by atoms with Crippen LogP contribution in [0, 0.1) is 6.92 Å². The fourth-order valence-electron chi connectivity index (χ4n) is 1.50. The van der Waals surface area contributed by atoms with E-state index in [2.05, 4.69) is 10.3 Å². The molecule has 0 aliphatic heterocycles. The number of rotatable bonds is 3. The van der Waals surface area contributed by atoms with Crippen molar-refractivity contribution in [3.8, 4) is 0 Å². The van der Waals surface area contributed by atoms with Crippen LogP contribution in [-0.4, -0.2) is 10.9 Å². The van der Waals surface area contributed by atoms with E-state index in [1.807, 2.05) is 48.7 Å². The van der Waals surface area contributed by atoms with Gasteiger partial charge in [-0.15, -0.1) is 11.3 Å². The zero-order valence-electron chi connectivity index (χ0n) is 10.3. The van der Waals surface area contributed by atoms with Crippen molar-refractivity contribution in [3.05, 3.63) is 45.9 Å². The fourth-order valence-corrected chi connectivity index (χ4v) is 2.18.